The second-order valence-electron chi connectivity index (χ2n) is 5.85. The van der Waals surface area contributed by atoms with Gasteiger partial charge in [0, 0.05) is 18.1 Å². The van der Waals surface area contributed by atoms with E-state index in [0.717, 1.165) is 0 Å². The van der Waals surface area contributed by atoms with Crippen molar-refractivity contribution >= 4 is 0 Å². The molecule has 2 aromatic carbocycles. The fourth-order valence-electron chi connectivity index (χ4n) is 2.73. The van der Waals surface area contributed by atoms with Crippen molar-refractivity contribution in [2.45, 2.75) is 6.54 Å². The smallest absolute Gasteiger partial charge is 0.303 e. The first kappa shape index (κ1) is 16.6. The topological polar surface area (TPSA) is 74.7 Å². The predicted octanol–water partition coefficient (Wildman–Crippen LogP) is 1.77. The summed E-state index contributed by atoms with van der Waals surface area (Å²) in [6.45, 7) is 0.0537. The molecular formula is C19H14FN5O2. The van der Waals surface area contributed by atoms with E-state index in [2.05, 4.69) is 10.3 Å². The number of rotatable bonds is 4. The monoisotopic (exact) mass is 363 g/mol. The standard InChI is InChI=1S/C19H14FN5O2/c20-16-8-4-5-9-17(16)25-13-14(21-22-25)12-23-10-11-24(19(27)18(23)26)15-6-2-1-3-7-15/h1-11,13H,12H2. The van der Waals surface area contributed by atoms with E-state index in [1.807, 2.05) is 6.07 Å². The van der Waals surface area contributed by atoms with Gasteiger partial charge < -0.3 is 4.57 Å². The van der Waals surface area contributed by atoms with Crippen molar-refractivity contribution in [2.24, 2.45) is 0 Å². The van der Waals surface area contributed by atoms with Crippen LogP contribution < -0.4 is 11.1 Å². The van der Waals surface area contributed by atoms with Crippen LogP contribution >= 0.6 is 0 Å². The maximum atomic E-state index is 13.8. The van der Waals surface area contributed by atoms with E-state index in [0.29, 0.717) is 11.4 Å². The molecule has 0 fully saturated rings. The fourth-order valence-corrected chi connectivity index (χ4v) is 2.73. The van der Waals surface area contributed by atoms with Gasteiger partial charge in [0.1, 0.15) is 17.2 Å². The molecule has 0 atom stereocenters. The molecule has 7 nitrogen and oxygen atoms in total. The molecule has 27 heavy (non-hydrogen) atoms. The quantitative estimate of drug-likeness (QED) is 0.518. The molecule has 2 heterocycles. The molecule has 0 aliphatic carbocycles. The molecule has 2 aromatic heterocycles. The maximum Gasteiger partial charge on any atom is 0.320 e. The van der Waals surface area contributed by atoms with Gasteiger partial charge in [0.2, 0.25) is 0 Å². The number of halogens is 1. The zero-order valence-electron chi connectivity index (χ0n) is 14.1. The number of hydrogen-bond acceptors (Lipinski definition) is 4. The maximum absolute atomic E-state index is 13.8. The Balaban J connectivity index is 1.65. The van der Waals surface area contributed by atoms with Crippen LogP contribution in [0.4, 0.5) is 4.39 Å². The zero-order chi connectivity index (χ0) is 18.8. The van der Waals surface area contributed by atoms with Crippen LogP contribution in [-0.4, -0.2) is 24.1 Å². The summed E-state index contributed by atoms with van der Waals surface area (Å²) in [6, 6.07) is 15.0. The van der Waals surface area contributed by atoms with Crippen LogP contribution in [-0.2, 0) is 6.54 Å². The van der Waals surface area contributed by atoms with E-state index in [1.165, 1.54) is 38.5 Å². The molecule has 0 spiro atoms. The third-order valence-electron chi connectivity index (χ3n) is 4.07. The fraction of sp³-hybridized carbons (Fsp3) is 0.0526. The highest BCUT2D eigenvalue weighted by atomic mass is 19.1. The zero-order valence-corrected chi connectivity index (χ0v) is 14.1. The molecule has 4 aromatic rings. The lowest BCUT2D eigenvalue weighted by molar-refractivity contribution is 0.607. The van der Waals surface area contributed by atoms with Crippen LogP contribution in [0.25, 0.3) is 11.4 Å². The van der Waals surface area contributed by atoms with E-state index in [-0.39, 0.29) is 12.2 Å². The summed E-state index contributed by atoms with van der Waals surface area (Å²) in [5.74, 6) is -0.434. The summed E-state index contributed by atoms with van der Waals surface area (Å²) in [6.07, 6.45) is 4.56. The molecule has 134 valence electrons. The Morgan fingerprint density at radius 3 is 2.41 bits per heavy atom. The van der Waals surface area contributed by atoms with Gasteiger partial charge in [0.15, 0.2) is 0 Å². The predicted molar refractivity (Wildman–Crippen MR) is 96.7 cm³/mol. The van der Waals surface area contributed by atoms with Crippen molar-refractivity contribution < 1.29 is 4.39 Å². The Morgan fingerprint density at radius 1 is 0.889 bits per heavy atom. The summed E-state index contributed by atoms with van der Waals surface area (Å²) in [5.41, 5.74) is -0.0513. The Labute approximate surface area is 152 Å². The number of benzene rings is 2. The van der Waals surface area contributed by atoms with Gasteiger partial charge in [-0.05, 0) is 24.3 Å². The molecule has 0 N–H and O–H groups in total. The number of hydrogen-bond donors (Lipinski definition) is 0. The van der Waals surface area contributed by atoms with Gasteiger partial charge in [0.25, 0.3) is 0 Å². The third-order valence-corrected chi connectivity index (χ3v) is 4.07. The van der Waals surface area contributed by atoms with Crippen LogP contribution in [0.5, 0.6) is 0 Å². The molecule has 4 rings (SSSR count). The number of aromatic nitrogens is 5. The summed E-state index contributed by atoms with van der Waals surface area (Å²) in [4.78, 5) is 24.8. The molecule has 0 aliphatic rings. The van der Waals surface area contributed by atoms with E-state index in [9.17, 15) is 14.0 Å². The molecular weight excluding hydrogens is 349 g/mol. The van der Waals surface area contributed by atoms with E-state index < -0.39 is 16.9 Å². The first-order chi connectivity index (χ1) is 13.1. The molecule has 0 aliphatic heterocycles. The Kier molecular flexibility index (Phi) is 4.21. The molecule has 0 unspecified atom stereocenters. The minimum absolute atomic E-state index is 0.0537. The van der Waals surface area contributed by atoms with Crippen LogP contribution in [0.3, 0.4) is 0 Å². The highest BCUT2D eigenvalue weighted by molar-refractivity contribution is 5.32. The van der Waals surface area contributed by atoms with Crippen LogP contribution in [0.15, 0.2) is 82.8 Å². The average Bonchev–Trinajstić information content (AvgIpc) is 3.15. The van der Waals surface area contributed by atoms with E-state index in [1.54, 1.807) is 42.5 Å². The second-order valence-corrected chi connectivity index (χ2v) is 5.85. The molecule has 0 amide bonds. The summed E-state index contributed by atoms with van der Waals surface area (Å²) < 4.78 is 17.7. The van der Waals surface area contributed by atoms with Gasteiger partial charge in [-0.2, -0.15) is 0 Å². The normalized spacial score (nSPS) is 10.9. The van der Waals surface area contributed by atoms with Crippen molar-refractivity contribution in [1.82, 2.24) is 24.1 Å². The Hall–Kier alpha value is -3.81. The Morgan fingerprint density at radius 2 is 1.63 bits per heavy atom. The molecule has 0 bridgehead atoms. The summed E-state index contributed by atoms with van der Waals surface area (Å²) >= 11 is 0. The summed E-state index contributed by atoms with van der Waals surface area (Å²) in [7, 11) is 0. The van der Waals surface area contributed by atoms with Crippen LogP contribution in [0, 0.1) is 5.82 Å². The van der Waals surface area contributed by atoms with Crippen molar-refractivity contribution in [3.8, 4) is 11.4 Å². The second kappa shape index (κ2) is 6.83. The van der Waals surface area contributed by atoms with Gasteiger partial charge in [-0.1, -0.05) is 35.5 Å². The molecule has 0 saturated heterocycles. The average molecular weight is 363 g/mol. The molecule has 0 radical (unpaired) electrons. The highest BCUT2D eigenvalue weighted by Crippen LogP contribution is 2.11. The number of nitrogens with zero attached hydrogens (tertiary/aromatic N) is 5. The van der Waals surface area contributed by atoms with Gasteiger partial charge in [-0.25, -0.2) is 9.07 Å². The van der Waals surface area contributed by atoms with Crippen LogP contribution in [0.1, 0.15) is 5.69 Å². The minimum Gasteiger partial charge on any atom is -0.303 e. The first-order valence-corrected chi connectivity index (χ1v) is 8.17. The lowest BCUT2D eigenvalue weighted by atomic mass is 10.3. The third kappa shape index (κ3) is 3.20. The van der Waals surface area contributed by atoms with Gasteiger partial charge >= 0.3 is 11.1 Å². The Bertz CT molecular complexity index is 1210. The lowest BCUT2D eigenvalue weighted by Gasteiger charge is -2.07. The van der Waals surface area contributed by atoms with Crippen molar-refractivity contribution in [1.29, 1.82) is 0 Å². The SMILES string of the molecule is O=c1c(=O)n(-c2ccccc2)ccn1Cc1cn(-c2ccccc2F)nn1. The van der Waals surface area contributed by atoms with Gasteiger partial charge in [0.05, 0.1) is 12.7 Å². The first-order valence-electron chi connectivity index (χ1n) is 8.17. The van der Waals surface area contributed by atoms with Crippen molar-refractivity contribution in [3.05, 3.63) is 105 Å². The van der Waals surface area contributed by atoms with Crippen molar-refractivity contribution in [3.63, 3.8) is 0 Å². The number of para-hydroxylation sites is 2. The minimum atomic E-state index is -0.679. The molecule has 8 heteroatoms. The molecule has 0 saturated carbocycles. The van der Waals surface area contributed by atoms with Crippen LogP contribution in [0.2, 0.25) is 0 Å². The van der Waals surface area contributed by atoms with Gasteiger partial charge in [-0.3, -0.25) is 14.2 Å². The summed E-state index contributed by atoms with van der Waals surface area (Å²) in [5, 5.41) is 7.85. The van der Waals surface area contributed by atoms with Gasteiger partial charge in [-0.15, -0.1) is 5.10 Å². The van der Waals surface area contributed by atoms with Crippen molar-refractivity contribution in [2.75, 3.05) is 0 Å². The highest BCUT2D eigenvalue weighted by Gasteiger charge is 2.10. The van der Waals surface area contributed by atoms with E-state index >= 15 is 0 Å². The van der Waals surface area contributed by atoms with E-state index in [4.69, 9.17) is 0 Å². The lowest BCUT2D eigenvalue weighted by Crippen LogP contribution is -2.40. The largest absolute Gasteiger partial charge is 0.320 e.